The van der Waals surface area contributed by atoms with Crippen molar-refractivity contribution in [1.82, 2.24) is 0 Å². The first-order chi connectivity index (χ1) is 11.8. The summed E-state index contributed by atoms with van der Waals surface area (Å²) >= 11 is 1.32. The summed E-state index contributed by atoms with van der Waals surface area (Å²) in [6.07, 6.45) is -0.280. The number of carbonyl (C=O) groups is 1. The van der Waals surface area contributed by atoms with Crippen LogP contribution in [0.2, 0.25) is 0 Å². The molecule has 0 radical (unpaired) electrons. The second-order valence-electron chi connectivity index (χ2n) is 6.54. The number of nitrogens with zero attached hydrogens (tertiary/aromatic N) is 3. The molecule has 2 unspecified atom stereocenters. The SMILES string of the molecule is CC(C)c1ccc(N2C(=NC(=O)CC#N)SC3CS(=O)(=O)CC32)cc1. The van der Waals surface area contributed by atoms with Crippen LogP contribution in [0.1, 0.15) is 31.7 Å². The molecule has 0 spiro atoms. The van der Waals surface area contributed by atoms with Crippen LogP contribution >= 0.6 is 11.8 Å². The summed E-state index contributed by atoms with van der Waals surface area (Å²) in [5, 5.41) is 9.02. The Balaban J connectivity index is 1.97. The summed E-state index contributed by atoms with van der Waals surface area (Å²) in [7, 11) is -3.08. The zero-order chi connectivity index (χ0) is 18.2. The molecule has 1 amide bonds. The minimum atomic E-state index is -3.08. The number of anilines is 1. The van der Waals surface area contributed by atoms with Crippen LogP contribution in [-0.4, -0.2) is 42.3 Å². The third-order valence-electron chi connectivity index (χ3n) is 4.36. The molecular formula is C17H19N3O3S2. The number of benzene rings is 1. The Bertz CT molecular complexity index is 854. The normalized spacial score (nSPS) is 26.0. The molecule has 2 aliphatic rings. The van der Waals surface area contributed by atoms with E-state index in [0.717, 1.165) is 5.69 Å². The average molecular weight is 377 g/mol. The lowest BCUT2D eigenvalue weighted by atomic mass is 10.0. The number of rotatable bonds is 3. The summed E-state index contributed by atoms with van der Waals surface area (Å²) in [5.74, 6) is 0.0414. The monoisotopic (exact) mass is 377 g/mol. The van der Waals surface area contributed by atoms with Crippen molar-refractivity contribution in [3.63, 3.8) is 0 Å². The molecule has 3 rings (SSSR count). The number of hydrogen-bond acceptors (Lipinski definition) is 5. The van der Waals surface area contributed by atoms with Gasteiger partial charge in [0.2, 0.25) is 0 Å². The van der Waals surface area contributed by atoms with E-state index < -0.39 is 15.7 Å². The van der Waals surface area contributed by atoms with Gasteiger partial charge in [0.25, 0.3) is 5.91 Å². The van der Waals surface area contributed by atoms with Gasteiger partial charge in [0.05, 0.1) is 23.6 Å². The quantitative estimate of drug-likeness (QED) is 0.803. The fourth-order valence-corrected chi connectivity index (χ4v) is 7.03. The summed E-state index contributed by atoms with van der Waals surface area (Å²) in [6, 6.07) is 9.47. The maximum atomic E-state index is 12.0. The molecule has 2 heterocycles. The average Bonchev–Trinajstić information content (AvgIpc) is 2.98. The first-order valence-electron chi connectivity index (χ1n) is 8.05. The molecule has 2 aliphatic heterocycles. The van der Waals surface area contributed by atoms with Gasteiger partial charge in [0, 0.05) is 10.9 Å². The summed E-state index contributed by atoms with van der Waals surface area (Å²) in [5.41, 5.74) is 2.01. The van der Waals surface area contributed by atoms with Gasteiger partial charge in [0.1, 0.15) is 6.42 Å². The lowest BCUT2D eigenvalue weighted by Gasteiger charge is -2.25. The minimum Gasteiger partial charge on any atom is -0.316 e. The number of nitriles is 1. The van der Waals surface area contributed by atoms with E-state index >= 15 is 0 Å². The Labute approximate surface area is 151 Å². The Morgan fingerprint density at radius 1 is 1.36 bits per heavy atom. The zero-order valence-electron chi connectivity index (χ0n) is 14.0. The zero-order valence-corrected chi connectivity index (χ0v) is 15.7. The third-order valence-corrected chi connectivity index (χ3v) is 7.56. The molecule has 132 valence electrons. The van der Waals surface area contributed by atoms with Gasteiger partial charge in [-0.3, -0.25) is 4.79 Å². The van der Waals surface area contributed by atoms with Gasteiger partial charge in [-0.1, -0.05) is 37.7 Å². The maximum Gasteiger partial charge on any atom is 0.262 e. The van der Waals surface area contributed by atoms with Crippen molar-refractivity contribution in [2.24, 2.45) is 4.99 Å². The highest BCUT2D eigenvalue weighted by Crippen LogP contribution is 2.41. The van der Waals surface area contributed by atoms with Crippen molar-refractivity contribution in [2.45, 2.75) is 37.5 Å². The van der Waals surface area contributed by atoms with Crippen LogP contribution in [-0.2, 0) is 14.6 Å². The van der Waals surface area contributed by atoms with Crippen LogP contribution in [0.3, 0.4) is 0 Å². The molecule has 2 fully saturated rings. The molecule has 6 nitrogen and oxygen atoms in total. The van der Waals surface area contributed by atoms with Gasteiger partial charge < -0.3 is 4.90 Å². The number of thioether (sulfide) groups is 1. The van der Waals surface area contributed by atoms with E-state index in [-0.39, 0.29) is 29.2 Å². The molecule has 0 aromatic heterocycles. The summed E-state index contributed by atoms with van der Waals surface area (Å²) in [6.45, 7) is 4.21. The second kappa shape index (κ2) is 6.81. The fraction of sp³-hybridized carbons (Fsp3) is 0.471. The molecule has 1 aromatic carbocycles. The number of amidine groups is 1. The number of hydrogen-bond donors (Lipinski definition) is 0. The molecule has 0 aliphatic carbocycles. The van der Waals surface area contributed by atoms with E-state index in [2.05, 4.69) is 18.8 Å². The highest BCUT2D eigenvalue weighted by atomic mass is 32.2. The summed E-state index contributed by atoms with van der Waals surface area (Å²) in [4.78, 5) is 17.7. The van der Waals surface area contributed by atoms with Gasteiger partial charge in [0.15, 0.2) is 15.0 Å². The van der Waals surface area contributed by atoms with Crippen LogP contribution < -0.4 is 4.90 Å². The lowest BCUT2D eigenvalue weighted by molar-refractivity contribution is -0.116. The van der Waals surface area contributed by atoms with Gasteiger partial charge in [-0.05, 0) is 23.6 Å². The van der Waals surface area contributed by atoms with Crippen molar-refractivity contribution >= 4 is 38.4 Å². The van der Waals surface area contributed by atoms with Crippen molar-refractivity contribution in [3.05, 3.63) is 29.8 Å². The fourth-order valence-electron chi connectivity index (χ4n) is 3.10. The number of fused-ring (bicyclic) bond motifs is 1. The van der Waals surface area contributed by atoms with Gasteiger partial charge in [-0.15, -0.1) is 0 Å². The number of amides is 1. The van der Waals surface area contributed by atoms with Gasteiger partial charge >= 0.3 is 0 Å². The van der Waals surface area contributed by atoms with Crippen molar-refractivity contribution < 1.29 is 13.2 Å². The van der Waals surface area contributed by atoms with Crippen LogP contribution in [0, 0.1) is 11.3 Å². The van der Waals surface area contributed by atoms with E-state index in [0.29, 0.717) is 11.1 Å². The first-order valence-corrected chi connectivity index (χ1v) is 10.8. The van der Waals surface area contributed by atoms with Crippen LogP contribution in [0.5, 0.6) is 0 Å². The molecule has 25 heavy (non-hydrogen) atoms. The number of aliphatic imine (C=N–C) groups is 1. The van der Waals surface area contributed by atoms with E-state index in [9.17, 15) is 13.2 Å². The maximum absolute atomic E-state index is 12.0. The van der Waals surface area contributed by atoms with E-state index in [1.54, 1.807) is 6.07 Å². The van der Waals surface area contributed by atoms with Crippen LogP contribution in [0.25, 0.3) is 0 Å². The van der Waals surface area contributed by atoms with Crippen molar-refractivity contribution in [3.8, 4) is 6.07 Å². The minimum absolute atomic E-state index is 0.0576. The Morgan fingerprint density at radius 2 is 2.04 bits per heavy atom. The predicted octanol–water partition coefficient (Wildman–Crippen LogP) is 2.33. The smallest absolute Gasteiger partial charge is 0.262 e. The lowest BCUT2D eigenvalue weighted by Crippen LogP contribution is -2.37. The van der Waals surface area contributed by atoms with E-state index in [1.165, 1.54) is 17.3 Å². The Kier molecular flexibility index (Phi) is 4.89. The second-order valence-corrected chi connectivity index (χ2v) is 9.90. The largest absolute Gasteiger partial charge is 0.316 e. The van der Waals surface area contributed by atoms with Crippen LogP contribution in [0.4, 0.5) is 5.69 Å². The molecular weight excluding hydrogens is 358 g/mol. The van der Waals surface area contributed by atoms with Gasteiger partial charge in [-0.25, -0.2) is 8.42 Å². The number of sulfone groups is 1. The van der Waals surface area contributed by atoms with E-state index in [4.69, 9.17) is 5.26 Å². The van der Waals surface area contributed by atoms with Crippen molar-refractivity contribution in [2.75, 3.05) is 16.4 Å². The molecule has 2 atom stereocenters. The van der Waals surface area contributed by atoms with E-state index in [1.807, 2.05) is 29.2 Å². The predicted molar refractivity (Wildman–Crippen MR) is 99.5 cm³/mol. The highest BCUT2D eigenvalue weighted by Gasteiger charge is 2.49. The Hall–Kier alpha value is -1.85. The molecule has 0 N–H and O–H groups in total. The molecule has 1 aromatic rings. The highest BCUT2D eigenvalue weighted by molar-refractivity contribution is 8.16. The van der Waals surface area contributed by atoms with Crippen molar-refractivity contribution in [1.29, 1.82) is 5.26 Å². The van der Waals surface area contributed by atoms with Crippen LogP contribution in [0.15, 0.2) is 29.3 Å². The molecule has 0 saturated carbocycles. The molecule has 8 heteroatoms. The molecule has 0 bridgehead atoms. The topological polar surface area (TPSA) is 90.6 Å². The summed E-state index contributed by atoms with van der Waals surface area (Å²) < 4.78 is 24.0. The standard InChI is InChI=1S/C17H19N3O3S2/c1-11(2)12-3-5-13(6-4-12)20-14-9-25(22,23)10-15(14)24-17(20)19-16(21)7-8-18/h3-6,11,14-15H,7,9-10H2,1-2H3. The number of carbonyl (C=O) groups excluding carboxylic acids is 1. The first kappa shape index (κ1) is 18.0. The van der Waals surface area contributed by atoms with Gasteiger partial charge in [-0.2, -0.15) is 10.3 Å². The Morgan fingerprint density at radius 3 is 2.64 bits per heavy atom. The molecule has 2 saturated heterocycles. The third kappa shape index (κ3) is 3.72.